The summed E-state index contributed by atoms with van der Waals surface area (Å²) in [4.78, 5) is 11.6. The minimum atomic E-state index is -0.642. The van der Waals surface area contributed by atoms with E-state index in [0.29, 0.717) is 22.6 Å². The number of rotatable bonds is 3. The first-order chi connectivity index (χ1) is 15.2. The van der Waals surface area contributed by atoms with E-state index in [9.17, 15) is 8.78 Å². The fourth-order valence-electron chi connectivity index (χ4n) is 4.15. The molecule has 2 aromatic carbocycles. The number of nitriles is 1. The Labute approximate surface area is 178 Å². The molecule has 0 aliphatic carbocycles. The molecule has 7 heteroatoms. The highest BCUT2D eigenvalue weighted by molar-refractivity contribution is 5.90. The van der Waals surface area contributed by atoms with E-state index in [2.05, 4.69) is 9.88 Å². The predicted octanol–water partition coefficient (Wildman–Crippen LogP) is 5.23. The fraction of sp³-hybridized carbons (Fsp3) is 0.208. The third-order valence-electron chi connectivity index (χ3n) is 5.66. The number of para-hydroxylation sites is 1. The second-order valence-electron chi connectivity index (χ2n) is 7.58. The number of halogens is 2. The van der Waals surface area contributed by atoms with Crippen LogP contribution in [0.15, 0.2) is 54.7 Å². The smallest absolute Gasteiger partial charge is 0.167 e. The Bertz CT molecular complexity index is 1320. The molecule has 31 heavy (non-hydrogen) atoms. The highest BCUT2D eigenvalue weighted by Crippen LogP contribution is 2.34. The van der Waals surface area contributed by atoms with Gasteiger partial charge in [0, 0.05) is 24.8 Å². The van der Waals surface area contributed by atoms with Crippen LogP contribution in [0.5, 0.6) is 0 Å². The average molecular weight is 415 g/mol. The van der Waals surface area contributed by atoms with Gasteiger partial charge in [-0.15, -0.1) is 0 Å². The summed E-state index contributed by atoms with van der Waals surface area (Å²) in [5, 5.41) is 9.07. The number of aromatic nitrogens is 3. The van der Waals surface area contributed by atoms with Gasteiger partial charge in [-0.2, -0.15) is 5.26 Å². The number of piperidine rings is 1. The molecule has 0 N–H and O–H groups in total. The molecule has 1 aliphatic rings. The van der Waals surface area contributed by atoms with Gasteiger partial charge in [0.05, 0.1) is 16.9 Å². The molecule has 2 aromatic heterocycles. The van der Waals surface area contributed by atoms with Crippen LogP contribution >= 0.6 is 0 Å². The molecule has 0 saturated carbocycles. The minimum Gasteiger partial charge on any atom is -0.370 e. The Kier molecular flexibility index (Phi) is 4.83. The lowest BCUT2D eigenvalue weighted by atomic mass is 10.1. The molecule has 154 valence electrons. The maximum absolute atomic E-state index is 14.8. The number of anilines is 1. The maximum Gasteiger partial charge on any atom is 0.167 e. The number of hydrogen-bond donors (Lipinski definition) is 0. The lowest BCUT2D eigenvalue weighted by Crippen LogP contribution is -2.29. The molecule has 5 rings (SSSR count). The van der Waals surface area contributed by atoms with Gasteiger partial charge in [-0.05, 0) is 55.7 Å². The molecule has 4 aromatic rings. The van der Waals surface area contributed by atoms with Crippen LogP contribution in [0.3, 0.4) is 0 Å². The first kappa shape index (κ1) is 19.2. The molecule has 0 amide bonds. The highest BCUT2D eigenvalue weighted by Gasteiger charge is 2.23. The van der Waals surface area contributed by atoms with E-state index in [1.54, 1.807) is 35.0 Å². The van der Waals surface area contributed by atoms with Crippen molar-refractivity contribution in [3.63, 3.8) is 0 Å². The predicted molar refractivity (Wildman–Crippen MR) is 115 cm³/mol. The van der Waals surface area contributed by atoms with E-state index >= 15 is 0 Å². The van der Waals surface area contributed by atoms with Crippen molar-refractivity contribution in [3.8, 4) is 23.1 Å². The van der Waals surface area contributed by atoms with Crippen molar-refractivity contribution in [3.05, 3.63) is 71.9 Å². The van der Waals surface area contributed by atoms with E-state index < -0.39 is 11.6 Å². The van der Waals surface area contributed by atoms with Crippen molar-refractivity contribution in [1.29, 1.82) is 5.26 Å². The van der Waals surface area contributed by atoms with Crippen LogP contribution in [0.4, 0.5) is 14.5 Å². The zero-order valence-corrected chi connectivity index (χ0v) is 16.7. The third kappa shape index (κ3) is 3.30. The number of nitrogens with zero attached hydrogens (tertiary/aromatic N) is 5. The lowest BCUT2D eigenvalue weighted by Gasteiger charge is -2.28. The van der Waals surface area contributed by atoms with Gasteiger partial charge >= 0.3 is 0 Å². The number of hydrogen-bond acceptors (Lipinski definition) is 4. The first-order valence-electron chi connectivity index (χ1n) is 10.2. The second kappa shape index (κ2) is 7.80. The highest BCUT2D eigenvalue weighted by atomic mass is 19.1. The minimum absolute atomic E-state index is 0.0515. The molecular formula is C24H19F2N5. The molecule has 0 bridgehead atoms. The molecular weight excluding hydrogens is 396 g/mol. The molecule has 1 aliphatic heterocycles. The summed E-state index contributed by atoms with van der Waals surface area (Å²) in [5.74, 6) is -0.695. The summed E-state index contributed by atoms with van der Waals surface area (Å²) in [7, 11) is 0. The largest absolute Gasteiger partial charge is 0.370 e. The zero-order chi connectivity index (χ0) is 21.4. The summed E-state index contributed by atoms with van der Waals surface area (Å²) in [6.07, 6.45) is 5.11. The number of imidazole rings is 1. The Morgan fingerprint density at radius 3 is 2.45 bits per heavy atom. The Morgan fingerprint density at radius 1 is 0.903 bits per heavy atom. The molecule has 0 spiro atoms. The van der Waals surface area contributed by atoms with Crippen molar-refractivity contribution in [2.45, 2.75) is 19.3 Å². The van der Waals surface area contributed by atoms with Gasteiger partial charge in [-0.1, -0.05) is 12.1 Å². The summed E-state index contributed by atoms with van der Waals surface area (Å²) in [6, 6.07) is 14.4. The van der Waals surface area contributed by atoms with Gasteiger partial charge in [0.2, 0.25) is 0 Å². The SMILES string of the molecule is N#Cc1ccc(-c2nc3c(N4CCCCC4)ccnc3n2-c2ccccc2F)cc1F. The third-order valence-corrected chi connectivity index (χ3v) is 5.66. The van der Waals surface area contributed by atoms with Crippen LogP contribution in [0.25, 0.3) is 28.2 Å². The van der Waals surface area contributed by atoms with Crippen LogP contribution < -0.4 is 4.90 Å². The first-order valence-corrected chi connectivity index (χ1v) is 10.2. The van der Waals surface area contributed by atoms with Gasteiger partial charge in [-0.25, -0.2) is 18.7 Å². The zero-order valence-electron chi connectivity index (χ0n) is 16.7. The van der Waals surface area contributed by atoms with E-state index in [-0.39, 0.29) is 11.3 Å². The van der Waals surface area contributed by atoms with Gasteiger partial charge in [0.1, 0.15) is 29.0 Å². The van der Waals surface area contributed by atoms with E-state index in [4.69, 9.17) is 10.2 Å². The summed E-state index contributed by atoms with van der Waals surface area (Å²) in [5.41, 5.74) is 2.77. The van der Waals surface area contributed by atoms with Crippen molar-refractivity contribution in [2.75, 3.05) is 18.0 Å². The standard InChI is InChI=1S/C24H19F2N5/c25-18-6-2-3-7-20(18)31-23(16-8-9-17(15-27)19(26)14-16)29-22-21(10-11-28-24(22)31)30-12-4-1-5-13-30/h2-3,6-11,14H,1,4-5,12-13H2. The Morgan fingerprint density at radius 2 is 1.71 bits per heavy atom. The summed E-state index contributed by atoms with van der Waals surface area (Å²) in [6.45, 7) is 1.85. The van der Waals surface area contributed by atoms with Gasteiger partial charge in [0.25, 0.3) is 0 Å². The number of pyridine rings is 1. The quantitative estimate of drug-likeness (QED) is 0.460. The van der Waals surface area contributed by atoms with Gasteiger partial charge < -0.3 is 4.90 Å². The van der Waals surface area contributed by atoms with Gasteiger partial charge in [-0.3, -0.25) is 4.57 Å². The topological polar surface area (TPSA) is 57.7 Å². The van der Waals surface area contributed by atoms with Gasteiger partial charge in [0.15, 0.2) is 5.65 Å². The van der Waals surface area contributed by atoms with Crippen LogP contribution in [-0.2, 0) is 0 Å². The van der Waals surface area contributed by atoms with E-state index in [0.717, 1.165) is 31.6 Å². The van der Waals surface area contributed by atoms with Crippen molar-refractivity contribution in [2.24, 2.45) is 0 Å². The molecule has 5 nitrogen and oxygen atoms in total. The van der Waals surface area contributed by atoms with E-state index in [1.807, 2.05) is 12.1 Å². The molecule has 1 fully saturated rings. The van der Waals surface area contributed by atoms with Crippen molar-refractivity contribution in [1.82, 2.24) is 14.5 Å². The second-order valence-corrected chi connectivity index (χ2v) is 7.58. The van der Waals surface area contributed by atoms with Crippen molar-refractivity contribution < 1.29 is 8.78 Å². The average Bonchev–Trinajstić information content (AvgIpc) is 3.19. The molecule has 0 atom stereocenters. The van der Waals surface area contributed by atoms with Crippen molar-refractivity contribution >= 4 is 16.9 Å². The van der Waals surface area contributed by atoms with Crippen LogP contribution in [0, 0.1) is 23.0 Å². The molecule has 1 saturated heterocycles. The van der Waals surface area contributed by atoms with Crippen LogP contribution in [0.1, 0.15) is 24.8 Å². The van der Waals surface area contributed by atoms with E-state index in [1.165, 1.54) is 24.6 Å². The number of fused-ring (bicyclic) bond motifs is 1. The summed E-state index contributed by atoms with van der Waals surface area (Å²) >= 11 is 0. The van der Waals surface area contributed by atoms with Crippen LogP contribution in [-0.4, -0.2) is 27.6 Å². The molecule has 3 heterocycles. The summed E-state index contributed by atoms with van der Waals surface area (Å²) < 4.78 is 30.9. The fourth-order valence-corrected chi connectivity index (χ4v) is 4.15. The normalized spacial score (nSPS) is 14.0. The maximum atomic E-state index is 14.8. The Balaban J connectivity index is 1.79. The Hall–Kier alpha value is -3.79. The van der Waals surface area contributed by atoms with Crippen LogP contribution in [0.2, 0.25) is 0 Å². The monoisotopic (exact) mass is 415 g/mol. The molecule has 0 radical (unpaired) electrons. The number of benzene rings is 2. The molecule has 0 unspecified atom stereocenters. The lowest BCUT2D eigenvalue weighted by molar-refractivity contribution is 0.578.